The lowest BCUT2D eigenvalue weighted by molar-refractivity contribution is 0.355. The van der Waals surface area contributed by atoms with Gasteiger partial charge in [0.05, 0.1) is 5.54 Å². The summed E-state index contributed by atoms with van der Waals surface area (Å²) in [5.74, 6) is 3.63. The average molecular weight is 511 g/mol. The third-order valence-corrected chi connectivity index (χ3v) is 7.88. The highest BCUT2D eigenvalue weighted by atomic mass is 32.2. The van der Waals surface area contributed by atoms with E-state index in [4.69, 9.17) is 15.1 Å². The molecule has 1 aliphatic rings. The summed E-state index contributed by atoms with van der Waals surface area (Å²) in [5.41, 5.74) is 7.65. The lowest BCUT2D eigenvalue weighted by Crippen LogP contribution is -2.35. The van der Waals surface area contributed by atoms with Crippen LogP contribution in [0.3, 0.4) is 0 Å². The van der Waals surface area contributed by atoms with Crippen molar-refractivity contribution in [1.82, 2.24) is 15.2 Å². The van der Waals surface area contributed by atoms with E-state index in [1.165, 1.54) is 6.42 Å². The maximum atomic E-state index is 12.3. The molecule has 0 saturated heterocycles. The van der Waals surface area contributed by atoms with Crippen molar-refractivity contribution in [3.63, 3.8) is 0 Å². The van der Waals surface area contributed by atoms with E-state index in [-0.39, 0.29) is 0 Å². The maximum Gasteiger partial charge on any atom is 0.248 e. The van der Waals surface area contributed by atoms with Gasteiger partial charge < -0.3 is 15.1 Å². The molecule has 0 bridgehead atoms. The van der Waals surface area contributed by atoms with Crippen molar-refractivity contribution in [1.29, 1.82) is 0 Å². The number of benzene rings is 1. The summed E-state index contributed by atoms with van der Waals surface area (Å²) >= 11 is 0. The molecule has 1 fully saturated rings. The molecule has 0 radical (unpaired) electrons. The molecule has 2 heterocycles. The molecule has 1 aromatic carbocycles. The molecular formula is C27H38N6O2S. The van der Waals surface area contributed by atoms with E-state index in [0.717, 1.165) is 48.8 Å². The van der Waals surface area contributed by atoms with E-state index in [2.05, 4.69) is 28.9 Å². The van der Waals surface area contributed by atoms with Crippen molar-refractivity contribution >= 4 is 22.6 Å². The molecule has 1 saturated carbocycles. The van der Waals surface area contributed by atoms with Crippen molar-refractivity contribution in [3.05, 3.63) is 53.9 Å². The van der Waals surface area contributed by atoms with Crippen LogP contribution in [0.4, 0.5) is 11.6 Å². The molecule has 0 spiro atoms. The van der Waals surface area contributed by atoms with Crippen LogP contribution in [0.2, 0.25) is 0 Å². The van der Waals surface area contributed by atoms with Gasteiger partial charge in [0.15, 0.2) is 0 Å². The van der Waals surface area contributed by atoms with Crippen LogP contribution in [0.25, 0.3) is 11.5 Å². The number of pyridine rings is 1. The van der Waals surface area contributed by atoms with Gasteiger partial charge >= 0.3 is 0 Å². The highest BCUT2D eigenvalue weighted by Crippen LogP contribution is 2.39. The molecule has 4 atom stereocenters. The van der Waals surface area contributed by atoms with E-state index < -0.39 is 16.5 Å². The van der Waals surface area contributed by atoms with Crippen LogP contribution >= 0.6 is 0 Å². The molecule has 1 aliphatic carbocycles. The van der Waals surface area contributed by atoms with Gasteiger partial charge in [-0.2, -0.15) is 0 Å². The topological polar surface area (TPSA) is 101 Å². The van der Waals surface area contributed by atoms with Gasteiger partial charge in [-0.05, 0) is 55.7 Å². The van der Waals surface area contributed by atoms with E-state index in [0.29, 0.717) is 29.9 Å². The Bertz CT molecular complexity index is 1180. The summed E-state index contributed by atoms with van der Waals surface area (Å²) in [7, 11) is 0.556. The Morgan fingerprint density at radius 3 is 2.53 bits per heavy atom. The Morgan fingerprint density at radius 2 is 1.89 bits per heavy atom. The van der Waals surface area contributed by atoms with Gasteiger partial charge in [-0.25, -0.2) is 9.19 Å². The first-order chi connectivity index (χ1) is 17.2. The second-order valence-corrected chi connectivity index (χ2v) is 11.7. The summed E-state index contributed by atoms with van der Waals surface area (Å²) in [6.07, 6.45) is 5.64. The molecule has 2 N–H and O–H groups in total. The molecule has 194 valence electrons. The van der Waals surface area contributed by atoms with Gasteiger partial charge in [0.25, 0.3) is 0 Å². The molecule has 0 amide bonds. The van der Waals surface area contributed by atoms with Crippen molar-refractivity contribution in [2.45, 2.75) is 52.0 Å². The molecule has 4 rings (SSSR count). The predicted molar refractivity (Wildman–Crippen MR) is 146 cm³/mol. The highest BCUT2D eigenvalue weighted by molar-refractivity contribution is 7.85. The quantitative estimate of drug-likeness (QED) is 0.382. The van der Waals surface area contributed by atoms with Gasteiger partial charge in [-0.15, -0.1) is 10.2 Å². The van der Waals surface area contributed by atoms with Gasteiger partial charge in [0.1, 0.15) is 22.6 Å². The smallest absolute Gasteiger partial charge is 0.248 e. The zero-order valence-electron chi connectivity index (χ0n) is 22.0. The Morgan fingerprint density at radius 1 is 1.19 bits per heavy atom. The summed E-state index contributed by atoms with van der Waals surface area (Å²) in [4.78, 5) is 7.24. The first-order valence-corrected chi connectivity index (χ1v) is 14.2. The van der Waals surface area contributed by atoms with Crippen molar-refractivity contribution in [3.8, 4) is 11.5 Å². The van der Waals surface area contributed by atoms with Crippen LogP contribution in [0.5, 0.6) is 0 Å². The Balaban J connectivity index is 1.68. The minimum atomic E-state index is -1.22. The number of nitrogens with two attached hydrogens (primary N) is 1. The first-order valence-electron chi connectivity index (χ1n) is 12.7. The van der Waals surface area contributed by atoms with Gasteiger partial charge in [0.2, 0.25) is 11.8 Å². The third kappa shape index (κ3) is 6.31. The standard InChI is InChI=1S/C27H38N6O2S/c1-6-7-13-33(18-22-14-19(22)2)24-16-21(15-23(29-24)32(4)36(5)34)25-30-31-26(35-25)27(3,28)17-20-11-9-8-10-12-20/h8-12,15-16,19,22H,6-7,13-14,17-18,28H2,1-5H3/t19?,22?,27-,36?/m1/s1. The predicted octanol–water partition coefficient (Wildman–Crippen LogP) is 4.54. The Labute approximate surface area is 216 Å². The zero-order chi connectivity index (χ0) is 25.9. The zero-order valence-corrected chi connectivity index (χ0v) is 22.8. The molecule has 9 heteroatoms. The lowest BCUT2D eigenvalue weighted by Gasteiger charge is -2.26. The first kappa shape index (κ1) is 26.3. The van der Waals surface area contributed by atoms with Crippen molar-refractivity contribution < 1.29 is 8.63 Å². The third-order valence-electron chi connectivity index (χ3n) is 6.92. The number of rotatable bonds is 12. The van der Waals surface area contributed by atoms with Crippen molar-refractivity contribution in [2.75, 3.05) is 35.6 Å². The molecule has 3 aromatic rings. The average Bonchev–Trinajstić information content (AvgIpc) is 3.31. The second kappa shape index (κ2) is 11.1. The maximum absolute atomic E-state index is 12.3. The second-order valence-electron chi connectivity index (χ2n) is 10.3. The number of aromatic nitrogens is 3. The lowest BCUT2D eigenvalue weighted by atomic mass is 9.94. The normalized spacial score (nSPS) is 19.5. The van der Waals surface area contributed by atoms with Gasteiger partial charge in [-0.1, -0.05) is 50.6 Å². The fourth-order valence-electron chi connectivity index (χ4n) is 4.33. The van der Waals surface area contributed by atoms with E-state index >= 15 is 0 Å². The monoisotopic (exact) mass is 510 g/mol. The highest BCUT2D eigenvalue weighted by Gasteiger charge is 2.34. The molecule has 36 heavy (non-hydrogen) atoms. The molecular weight excluding hydrogens is 472 g/mol. The number of nitrogens with zero attached hydrogens (tertiary/aromatic N) is 5. The molecule has 2 aromatic heterocycles. The largest absolute Gasteiger partial charge is 0.419 e. The summed E-state index contributed by atoms with van der Waals surface area (Å²) in [6.45, 7) is 8.27. The Kier molecular flexibility index (Phi) is 8.10. The van der Waals surface area contributed by atoms with Gasteiger partial charge in [0, 0.05) is 32.0 Å². The Hall–Kier alpha value is -2.78. The van der Waals surface area contributed by atoms with Crippen LogP contribution < -0.4 is 14.9 Å². The number of unbranched alkanes of at least 4 members (excludes halogenated alkanes) is 1. The molecule has 0 aliphatic heterocycles. The number of hydrogen-bond acceptors (Lipinski definition) is 7. The molecule has 3 unspecified atom stereocenters. The van der Waals surface area contributed by atoms with Crippen LogP contribution in [0.1, 0.15) is 51.5 Å². The minimum Gasteiger partial charge on any atom is -0.419 e. The van der Waals surface area contributed by atoms with Crippen LogP contribution in [0.15, 0.2) is 46.9 Å². The van der Waals surface area contributed by atoms with E-state index in [9.17, 15) is 4.21 Å². The summed E-state index contributed by atoms with van der Waals surface area (Å²) < 4.78 is 20.1. The van der Waals surface area contributed by atoms with Crippen LogP contribution in [-0.4, -0.2) is 45.8 Å². The SMILES string of the molecule is CCCCN(CC1CC1C)c1cc(-c2nnc([C@](C)(N)Cc3ccccc3)o2)cc(N(C)S(C)=O)n1. The summed E-state index contributed by atoms with van der Waals surface area (Å²) in [6, 6.07) is 13.9. The van der Waals surface area contributed by atoms with Crippen LogP contribution in [-0.2, 0) is 22.9 Å². The molecule has 8 nitrogen and oxygen atoms in total. The fourth-order valence-corrected chi connectivity index (χ4v) is 4.69. The van der Waals surface area contributed by atoms with Crippen molar-refractivity contribution in [2.24, 2.45) is 17.6 Å². The number of hydrogen-bond donors (Lipinski definition) is 1. The minimum absolute atomic E-state index is 0.378. The fraction of sp³-hybridized carbons (Fsp3) is 0.519. The summed E-state index contributed by atoms with van der Waals surface area (Å²) in [5, 5.41) is 8.66. The van der Waals surface area contributed by atoms with Gasteiger partial charge in [-0.3, -0.25) is 4.31 Å². The van der Waals surface area contributed by atoms with E-state index in [1.54, 1.807) is 17.6 Å². The number of anilines is 2. The van der Waals surface area contributed by atoms with E-state index in [1.807, 2.05) is 49.4 Å². The van der Waals surface area contributed by atoms with Crippen LogP contribution in [0, 0.1) is 11.8 Å².